The van der Waals surface area contributed by atoms with E-state index in [2.05, 4.69) is 34.0 Å². The molecule has 0 amide bonds. The number of hydrogen-bond acceptors (Lipinski definition) is 3. The average Bonchev–Trinajstić information content (AvgIpc) is 1.97. The third kappa shape index (κ3) is 2.66. The summed E-state index contributed by atoms with van der Waals surface area (Å²) in [6.07, 6.45) is -1.80. The summed E-state index contributed by atoms with van der Waals surface area (Å²) in [5, 5.41) is 3.03. The van der Waals surface area contributed by atoms with Crippen molar-refractivity contribution in [1.29, 1.82) is 0 Å². The molecule has 0 atom stereocenters. The summed E-state index contributed by atoms with van der Waals surface area (Å²) >= 11 is 2.94. The van der Waals surface area contributed by atoms with E-state index in [9.17, 15) is 0 Å². The van der Waals surface area contributed by atoms with Crippen LogP contribution in [0.3, 0.4) is 0 Å². The van der Waals surface area contributed by atoms with Gasteiger partial charge >= 0.3 is 74.9 Å². The molecule has 0 spiro atoms. The van der Waals surface area contributed by atoms with Gasteiger partial charge in [0.25, 0.3) is 0 Å². The van der Waals surface area contributed by atoms with Crippen LogP contribution in [0, 0.1) is 5.41 Å². The number of rotatable bonds is 1. The first-order chi connectivity index (χ1) is 4.97. The Labute approximate surface area is 75.3 Å². The third-order valence-corrected chi connectivity index (χ3v) is 5.49. The van der Waals surface area contributed by atoms with Gasteiger partial charge in [-0.25, -0.2) is 0 Å². The minimum atomic E-state index is -1.80. The molecule has 0 saturated carbocycles. The zero-order chi connectivity index (χ0) is 8.54. The second-order valence-electron chi connectivity index (χ2n) is 3.43. The second kappa shape index (κ2) is 3.29. The van der Waals surface area contributed by atoms with E-state index in [-0.39, 0.29) is 5.41 Å². The minimum absolute atomic E-state index is 0.157. The summed E-state index contributed by atoms with van der Waals surface area (Å²) in [7, 11) is 1.85. The van der Waals surface area contributed by atoms with E-state index >= 15 is 0 Å². The summed E-state index contributed by atoms with van der Waals surface area (Å²) in [5.74, 6) is 0. The van der Waals surface area contributed by atoms with Crippen LogP contribution in [0.15, 0.2) is 0 Å². The first-order valence-electron chi connectivity index (χ1n) is 3.56. The Bertz CT molecular complexity index is 181. The molecule has 0 unspecified atom stereocenters. The Balaban J connectivity index is 2.55. The summed E-state index contributed by atoms with van der Waals surface area (Å²) < 4.78 is 11.1. The molecule has 1 rings (SSSR count). The Kier molecular flexibility index (Phi) is 2.97. The van der Waals surface area contributed by atoms with Crippen LogP contribution in [0.5, 0.6) is 0 Å². The Hall–Kier alpha value is 0.829. The van der Waals surface area contributed by atoms with E-state index in [4.69, 9.17) is 9.05 Å². The third-order valence-electron chi connectivity index (χ3n) is 1.52. The van der Waals surface area contributed by atoms with Gasteiger partial charge in [0, 0.05) is 0 Å². The van der Waals surface area contributed by atoms with E-state index in [1.54, 1.807) is 0 Å². The molecule has 0 bridgehead atoms. The molecule has 11 heavy (non-hydrogen) atoms. The van der Waals surface area contributed by atoms with Crippen LogP contribution in [-0.4, -0.2) is 35.4 Å². The van der Waals surface area contributed by atoms with Gasteiger partial charge in [-0.3, -0.25) is 0 Å². The first-order valence-corrected chi connectivity index (χ1v) is 7.40. The molecular formula is C6H14NO2PSe. The molecule has 3 nitrogen and oxygen atoms in total. The summed E-state index contributed by atoms with van der Waals surface area (Å²) in [4.78, 5) is 0. The van der Waals surface area contributed by atoms with E-state index in [1.807, 2.05) is 7.05 Å². The zero-order valence-corrected chi connectivity index (χ0v) is 9.69. The van der Waals surface area contributed by atoms with Crippen molar-refractivity contribution in [1.82, 2.24) is 5.09 Å². The molecule has 66 valence electrons. The molecule has 1 fully saturated rings. The molecule has 0 aliphatic carbocycles. The van der Waals surface area contributed by atoms with Crippen molar-refractivity contribution < 1.29 is 9.05 Å². The fourth-order valence-electron chi connectivity index (χ4n) is 0.727. The summed E-state index contributed by atoms with van der Waals surface area (Å²) in [5.41, 5.74) is 0.157. The second-order valence-corrected chi connectivity index (χ2v) is 8.42. The topological polar surface area (TPSA) is 30.5 Å². The van der Waals surface area contributed by atoms with Gasteiger partial charge in [0.05, 0.1) is 0 Å². The fourth-order valence-corrected chi connectivity index (χ4v) is 2.76. The van der Waals surface area contributed by atoms with Crippen LogP contribution in [-0.2, 0) is 9.05 Å². The van der Waals surface area contributed by atoms with Crippen molar-refractivity contribution in [2.24, 2.45) is 5.41 Å². The number of hydrogen-bond donors (Lipinski definition) is 1. The molecule has 1 aliphatic heterocycles. The standard InChI is InChI=1S/C6H14NO2PSe/c1-6(2)4-8-10(11,7-3)9-5-6/h4-5H2,1-3H3,(H,7,11). The van der Waals surface area contributed by atoms with Crippen LogP contribution < -0.4 is 5.09 Å². The van der Waals surface area contributed by atoms with Crippen molar-refractivity contribution in [2.45, 2.75) is 13.8 Å². The van der Waals surface area contributed by atoms with Gasteiger partial charge in [-0.15, -0.1) is 0 Å². The summed E-state index contributed by atoms with van der Waals surface area (Å²) in [6.45, 7) is 5.78. The molecule has 5 heteroatoms. The van der Waals surface area contributed by atoms with Gasteiger partial charge in [0.15, 0.2) is 0 Å². The van der Waals surface area contributed by atoms with Crippen molar-refractivity contribution in [2.75, 3.05) is 20.3 Å². The van der Waals surface area contributed by atoms with E-state index < -0.39 is 6.11 Å². The molecule has 0 radical (unpaired) electrons. The van der Waals surface area contributed by atoms with Gasteiger partial charge in [-0.05, 0) is 0 Å². The van der Waals surface area contributed by atoms with Crippen molar-refractivity contribution in [3.8, 4) is 0 Å². The van der Waals surface area contributed by atoms with Crippen molar-refractivity contribution in [3.05, 3.63) is 0 Å². The van der Waals surface area contributed by atoms with Gasteiger partial charge < -0.3 is 0 Å². The maximum atomic E-state index is 5.55. The molecule has 1 heterocycles. The van der Waals surface area contributed by atoms with Gasteiger partial charge in [-0.2, -0.15) is 0 Å². The predicted octanol–water partition coefficient (Wildman–Crippen LogP) is 1.12. The van der Waals surface area contributed by atoms with E-state index in [0.29, 0.717) is 0 Å². The SMILES string of the molecule is CNP1(=[Se])OCC(C)(C)CO1. The molecule has 0 aromatic rings. The summed E-state index contributed by atoms with van der Waals surface area (Å²) in [6, 6.07) is 0. The molecule has 1 aliphatic rings. The van der Waals surface area contributed by atoms with Crippen LogP contribution >= 0.6 is 6.11 Å². The Morgan fingerprint density at radius 2 is 1.82 bits per heavy atom. The maximum absolute atomic E-state index is 5.55. The monoisotopic (exact) mass is 243 g/mol. The Morgan fingerprint density at radius 1 is 1.36 bits per heavy atom. The van der Waals surface area contributed by atoms with Crippen LogP contribution in [0.1, 0.15) is 13.8 Å². The van der Waals surface area contributed by atoms with E-state index in [0.717, 1.165) is 13.2 Å². The van der Waals surface area contributed by atoms with Gasteiger partial charge in [-0.1, -0.05) is 0 Å². The fraction of sp³-hybridized carbons (Fsp3) is 1.00. The van der Waals surface area contributed by atoms with Gasteiger partial charge in [0.2, 0.25) is 0 Å². The normalized spacial score (nSPS) is 28.3. The zero-order valence-electron chi connectivity index (χ0n) is 7.09. The van der Waals surface area contributed by atoms with Crippen molar-refractivity contribution in [3.63, 3.8) is 0 Å². The average molecular weight is 242 g/mol. The Morgan fingerprint density at radius 3 is 2.18 bits per heavy atom. The molecule has 0 aromatic carbocycles. The van der Waals surface area contributed by atoms with Gasteiger partial charge in [0.1, 0.15) is 0 Å². The quantitative estimate of drug-likeness (QED) is 0.552. The first kappa shape index (κ1) is 9.91. The van der Waals surface area contributed by atoms with Crippen LogP contribution in [0.4, 0.5) is 0 Å². The predicted molar refractivity (Wildman–Crippen MR) is 47.4 cm³/mol. The number of nitrogens with one attached hydrogen (secondary N) is 1. The molecule has 1 N–H and O–H groups in total. The van der Waals surface area contributed by atoms with Crippen LogP contribution in [0.25, 0.3) is 0 Å². The van der Waals surface area contributed by atoms with Crippen LogP contribution in [0.2, 0.25) is 0 Å². The molecule has 1 saturated heterocycles. The molecule has 0 aromatic heterocycles. The molecular weight excluding hydrogens is 228 g/mol. The van der Waals surface area contributed by atoms with E-state index in [1.165, 1.54) is 0 Å². The van der Waals surface area contributed by atoms with Crippen molar-refractivity contribution >= 4 is 21.2 Å².